The van der Waals surface area contributed by atoms with Crippen LogP contribution in [0.15, 0.2) is 0 Å². The second kappa shape index (κ2) is 17.4. The molecule has 6 heteroatoms. The number of hydrogen-bond acceptors (Lipinski definition) is 5. The molecular formula is C7H20N2O4. The minimum Gasteiger partial charge on any atom is -0.481 e. The van der Waals surface area contributed by atoms with E-state index in [9.17, 15) is 0 Å². The minimum atomic E-state index is -0.833. The number of carboxylic acid groups (broad SMARTS) is 1. The van der Waals surface area contributed by atoms with Crippen LogP contribution in [0.3, 0.4) is 0 Å². The fourth-order valence-electron chi connectivity index (χ4n) is 0. The molecule has 6 N–H and O–H groups in total. The fraction of sp³-hybridized carbons (Fsp3) is 0.857. The quantitative estimate of drug-likeness (QED) is 0.283. The van der Waals surface area contributed by atoms with Crippen molar-refractivity contribution in [2.75, 3.05) is 13.2 Å². The monoisotopic (exact) mass is 196 g/mol. The molecule has 0 saturated heterocycles. The maximum Gasteiger partial charge on any atom is 0.300 e. The smallest absolute Gasteiger partial charge is 0.300 e. The van der Waals surface area contributed by atoms with Gasteiger partial charge in [0.05, 0.1) is 12.7 Å². The SMILES string of the molecule is CC(=O)O.CC(O)CO.CCNN. The average molecular weight is 196 g/mol. The van der Waals surface area contributed by atoms with E-state index in [4.69, 9.17) is 26.0 Å². The number of carboxylic acids is 1. The van der Waals surface area contributed by atoms with Crippen LogP contribution in [0, 0.1) is 0 Å². The van der Waals surface area contributed by atoms with Crippen molar-refractivity contribution in [2.45, 2.75) is 26.9 Å². The lowest BCUT2D eigenvalue weighted by Crippen LogP contribution is -2.20. The second-order valence-electron chi connectivity index (χ2n) is 2.11. The van der Waals surface area contributed by atoms with Crippen molar-refractivity contribution in [3.05, 3.63) is 0 Å². The van der Waals surface area contributed by atoms with Gasteiger partial charge in [-0.2, -0.15) is 0 Å². The van der Waals surface area contributed by atoms with Gasteiger partial charge in [0.2, 0.25) is 0 Å². The maximum atomic E-state index is 9.00. The van der Waals surface area contributed by atoms with Crippen molar-refractivity contribution in [1.82, 2.24) is 5.43 Å². The van der Waals surface area contributed by atoms with Crippen LogP contribution < -0.4 is 11.3 Å². The first-order valence-corrected chi connectivity index (χ1v) is 3.84. The first-order valence-electron chi connectivity index (χ1n) is 3.84. The van der Waals surface area contributed by atoms with Crippen LogP contribution in [0.2, 0.25) is 0 Å². The van der Waals surface area contributed by atoms with E-state index in [1.165, 1.54) is 6.92 Å². The van der Waals surface area contributed by atoms with E-state index < -0.39 is 12.1 Å². The molecule has 1 unspecified atom stereocenters. The van der Waals surface area contributed by atoms with Crippen molar-refractivity contribution in [3.8, 4) is 0 Å². The van der Waals surface area contributed by atoms with Gasteiger partial charge in [-0.1, -0.05) is 6.92 Å². The molecule has 0 rings (SSSR count). The average Bonchev–Trinajstić information content (AvgIpc) is 2.04. The molecule has 0 amide bonds. The summed E-state index contributed by atoms with van der Waals surface area (Å²) in [6.45, 7) is 5.26. The van der Waals surface area contributed by atoms with Gasteiger partial charge in [-0.3, -0.25) is 16.1 Å². The second-order valence-corrected chi connectivity index (χ2v) is 2.11. The molecule has 0 aliphatic rings. The molecule has 0 bridgehead atoms. The van der Waals surface area contributed by atoms with Gasteiger partial charge in [0.25, 0.3) is 5.97 Å². The molecule has 0 radical (unpaired) electrons. The third kappa shape index (κ3) is 184. The number of nitrogens with one attached hydrogen (secondary N) is 1. The molecule has 13 heavy (non-hydrogen) atoms. The summed E-state index contributed by atoms with van der Waals surface area (Å²) in [5.41, 5.74) is 2.43. The van der Waals surface area contributed by atoms with Gasteiger partial charge in [-0.15, -0.1) is 0 Å². The van der Waals surface area contributed by atoms with E-state index in [1.807, 2.05) is 6.92 Å². The van der Waals surface area contributed by atoms with E-state index >= 15 is 0 Å². The summed E-state index contributed by atoms with van der Waals surface area (Å²) in [5, 5.41) is 23.4. The number of aliphatic carboxylic acids is 1. The third-order valence-electron chi connectivity index (χ3n) is 0.468. The molecule has 0 fully saturated rings. The van der Waals surface area contributed by atoms with Gasteiger partial charge >= 0.3 is 0 Å². The van der Waals surface area contributed by atoms with Gasteiger partial charge in [-0.05, 0) is 6.92 Å². The molecule has 0 saturated carbocycles. The molecule has 6 nitrogen and oxygen atoms in total. The highest BCUT2D eigenvalue weighted by molar-refractivity contribution is 5.62. The van der Waals surface area contributed by atoms with Gasteiger partial charge < -0.3 is 15.3 Å². The van der Waals surface area contributed by atoms with Crippen LogP contribution in [0.25, 0.3) is 0 Å². The molecule has 0 aliphatic carbocycles. The first-order chi connectivity index (χ1) is 5.92. The summed E-state index contributed by atoms with van der Waals surface area (Å²) in [6, 6.07) is 0. The highest BCUT2D eigenvalue weighted by Crippen LogP contribution is 1.68. The number of hydrazine groups is 1. The summed E-state index contributed by atoms with van der Waals surface area (Å²) in [6.07, 6.45) is -0.560. The van der Waals surface area contributed by atoms with Gasteiger partial charge in [0, 0.05) is 13.5 Å². The van der Waals surface area contributed by atoms with Crippen LogP contribution >= 0.6 is 0 Å². The summed E-state index contributed by atoms with van der Waals surface area (Å²) in [5.74, 6) is 3.94. The first kappa shape index (κ1) is 18.2. The topological polar surface area (TPSA) is 116 Å². The Hall–Kier alpha value is -0.690. The molecule has 1 atom stereocenters. The van der Waals surface area contributed by atoms with Crippen molar-refractivity contribution >= 4 is 5.97 Å². The Morgan fingerprint density at radius 3 is 1.77 bits per heavy atom. The Morgan fingerprint density at radius 1 is 1.62 bits per heavy atom. The van der Waals surface area contributed by atoms with E-state index in [0.717, 1.165) is 13.5 Å². The molecule has 0 aromatic rings. The number of rotatable bonds is 2. The predicted molar refractivity (Wildman–Crippen MR) is 49.9 cm³/mol. The molecule has 0 spiro atoms. The Morgan fingerprint density at radius 2 is 1.77 bits per heavy atom. The third-order valence-corrected chi connectivity index (χ3v) is 0.468. The van der Waals surface area contributed by atoms with E-state index in [-0.39, 0.29) is 6.61 Å². The Kier molecular flexibility index (Phi) is 24.3. The van der Waals surface area contributed by atoms with Crippen LogP contribution in [0.4, 0.5) is 0 Å². The molecule has 0 aliphatic heterocycles. The minimum absolute atomic E-state index is 0.139. The van der Waals surface area contributed by atoms with Gasteiger partial charge in [-0.25, -0.2) is 0 Å². The number of carbonyl (C=O) groups is 1. The summed E-state index contributed by atoms with van der Waals surface area (Å²) in [7, 11) is 0. The van der Waals surface area contributed by atoms with Crippen molar-refractivity contribution in [3.63, 3.8) is 0 Å². The van der Waals surface area contributed by atoms with Crippen molar-refractivity contribution in [2.24, 2.45) is 5.84 Å². The number of aliphatic hydroxyl groups is 2. The molecule has 0 aromatic carbocycles. The Balaban J connectivity index is -0.000000117. The van der Waals surface area contributed by atoms with Gasteiger partial charge in [0.1, 0.15) is 0 Å². The van der Waals surface area contributed by atoms with E-state index in [1.54, 1.807) is 0 Å². The Bertz CT molecular complexity index is 92.5. The zero-order chi connectivity index (χ0) is 11.3. The number of aliphatic hydroxyl groups excluding tert-OH is 2. The molecule has 0 heterocycles. The van der Waals surface area contributed by atoms with E-state index in [0.29, 0.717) is 0 Å². The summed E-state index contributed by atoms with van der Waals surface area (Å²) in [4.78, 5) is 9.00. The van der Waals surface area contributed by atoms with Crippen molar-refractivity contribution < 1.29 is 20.1 Å². The van der Waals surface area contributed by atoms with E-state index in [2.05, 4.69) is 5.43 Å². The fourth-order valence-corrected chi connectivity index (χ4v) is 0. The summed E-state index contributed by atoms with van der Waals surface area (Å²) < 4.78 is 0. The van der Waals surface area contributed by atoms with Crippen LogP contribution in [0.1, 0.15) is 20.8 Å². The highest BCUT2D eigenvalue weighted by Gasteiger charge is 1.83. The maximum absolute atomic E-state index is 9.00. The zero-order valence-electron chi connectivity index (χ0n) is 8.32. The predicted octanol–water partition coefficient (Wildman–Crippen LogP) is -1.08. The molecular weight excluding hydrogens is 176 g/mol. The van der Waals surface area contributed by atoms with Crippen LogP contribution in [0.5, 0.6) is 0 Å². The number of nitrogens with two attached hydrogens (primary N) is 1. The normalized spacial score (nSPS) is 10.0. The lowest BCUT2D eigenvalue weighted by atomic mass is 10.5. The lowest BCUT2D eigenvalue weighted by Gasteiger charge is -1.90. The Labute approximate surface area is 78.3 Å². The van der Waals surface area contributed by atoms with Crippen LogP contribution in [-0.4, -0.2) is 40.5 Å². The lowest BCUT2D eigenvalue weighted by molar-refractivity contribution is -0.134. The standard InChI is InChI=1S/C3H8O2.C2H8N2.C2H4O2/c1-3(5)2-4;1-2-4-3;1-2(3)4/h3-5H,2H2,1H3;4H,2-3H2,1H3;1H3,(H,3,4). The van der Waals surface area contributed by atoms with Crippen LogP contribution in [-0.2, 0) is 4.79 Å². The largest absolute Gasteiger partial charge is 0.481 e. The highest BCUT2D eigenvalue weighted by atomic mass is 16.4. The molecule has 0 aromatic heterocycles. The number of hydrogen-bond donors (Lipinski definition) is 5. The van der Waals surface area contributed by atoms with Crippen molar-refractivity contribution in [1.29, 1.82) is 0 Å². The zero-order valence-corrected chi connectivity index (χ0v) is 8.32. The summed E-state index contributed by atoms with van der Waals surface area (Å²) >= 11 is 0. The molecule has 82 valence electrons. The van der Waals surface area contributed by atoms with Gasteiger partial charge in [0.15, 0.2) is 0 Å².